The molecule has 1 aliphatic heterocycles. The van der Waals surface area contributed by atoms with Crippen LogP contribution in [0.1, 0.15) is 11.6 Å². The van der Waals surface area contributed by atoms with Gasteiger partial charge in [-0.05, 0) is 31.2 Å². The minimum absolute atomic E-state index is 0.151. The smallest absolute Gasteiger partial charge is 0.328 e. The molecule has 3 rings (SSSR count). The molecule has 9 heteroatoms. The Morgan fingerprint density at radius 2 is 2.04 bits per heavy atom. The van der Waals surface area contributed by atoms with Gasteiger partial charge in [0.1, 0.15) is 11.9 Å². The first-order valence-corrected chi connectivity index (χ1v) is 8.61. The molecule has 2 aromatic rings. The Morgan fingerprint density at radius 1 is 1.33 bits per heavy atom. The summed E-state index contributed by atoms with van der Waals surface area (Å²) in [5, 5.41) is 18.1. The monoisotopic (exact) mass is 366 g/mol. The van der Waals surface area contributed by atoms with E-state index < -0.39 is 12.0 Å². The third-order valence-corrected chi connectivity index (χ3v) is 5.09. The first-order chi connectivity index (χ1) is 11.5. The van der Waals surface area contributed by atoms with Crippen LogP contribution in [-0.4, -0.2) is 48.4 Å². The maximum atomic E-state index is 12.5. The number of aliphatic carboxylic acids is 1. The summed E-state index contributed by atoms with van der Waals surface area (Å²) in [7, 11) is 0. The number of aromatic nitrogens is 3. The van der Waals surface area contributed by atoms with Gasteiger partial charge in [0.2, 0.25) is 5.91 Å². The fourth-order valence-electron chi connectivity index (χ4n) is 2.55. The summed E-state index contributed by atoms with van der Waals surface area (Å²) < 4.78 is 1.74. The average Bonchev–Trinajstić information content (AvgIpc) is 2.93. The van der Waals surface area contributed by atoms with Gasteiger partial charge in [-0.25, -0.2) is 4.79 Å². The molecule has 1 aromatic carbocycles. The van der Waals surface area contributed by atoms with E-state index in [1.807, 2.05) is 12.1 Å². The molecule has 24 heavy (non-hydrogen) atoms. The van der Waals surface area contributed by atoms with Crippen LogP contribution in [0.25, 0.3) is 0 Å². The normalized spacial score (nSPS) is 16.8. The molecule has 0 fully saturated rings. The summed E-state index contributed by atoms with van der Waals surface area (Å²) in [5.74, 6) is 0.139. The van der Waals surface area contributed by atoms with Crippen molar-refractivity contribution in [3.63, 3.8) is 0 Å². The molecule has 1 aliphatic rings. The number of carboxylic acid groups (broad SMARTS) is 1. The predicted molar refractivity (Wildman–Crippen MR) is 88.9 cm³/mol. The molecule has 0 radical (unpaired) electrons. The van der Waals surface area contributed by atoms with Gasteiger partial charge in [-0.3, -0.25) is 4.79 Å². The minimum atomic E-state index is -1.03. The van der Waals surface area contributed by atoms with Crippen molar-refractivity contribution in [3.8, 4) is 0 Å². The quantitative estimate of drug-likeness (QED) is 0.830. The SMILES string of the molecule is Cc1nnc2n1CC(C(=O)O)N(C(=O)CSc1ccc(Cl)cc1)C2. The fraction of sp³-hybridized carbons (Fsp3) is 0.333. The lowest BCUT2D eigenvalue weighted by Gasteiger charge is -2.33. The van der Waals surface area contributed by atoms with Gasteiger partial charge in [-0.1, -0.05) is 11.6 Å². The van der Waals surface area contributed by atoms with E-state index in [1.54, 1.807) is 23.6 Å². The average molecular weight is 367 g/mol. The van der Waals surface area contributed by atoms with E-state index in [9.17, 15) is 14.7 Å². The van der Waals surface area contributed by atoms with Crippen LogP contribution in [0.3, 0.4) is 0 Å². The van der Waals surface area contributed by atoms with E-state index in [1.165, 1.54) is 16.7 Å². The predicted octanol–water partition coefficient (Wildman–Crippen LogP) is 1.83. The first-order valence-electron chi connectivity index (χ1n) is 7.25. The number of rotatable bonds is 4. The molecule has 1 atom stereocenters. The van der Waals surface area contributed by atoms with E-state index in [4.69, 9.17) is 11.6 Å². The third-order valence-electron chi connectivity index (χ3n) is 3.84. The van der Waals surface area contributed by atoms with E-state index in [0.29, 0.717) is 16.7 Å². The Bertz CT molecular complexity index is 778. The number of benzene rings is 1. The molecule has 0 saturated carbocycles. The zero-order valence-electron chi connectivity index (χ0n) is 12.8. The van der Waals surface area contributed by atoms with Gasteiger partial charge in [0.25, 0.3) is 0 Å². The lowest BCUT2D eigenvalue weighted by atomic mass is 10.2. The topological polar surface area (TPSA) is 88.3 Å². The number of thioether (sulfide) groups is 1. The molecule has 0 spiro atoms. The van der Waals surface area contributed by atoms with Crippen LogP contribution in [0.5, 0.6) is 0 Å². The maximum Gasteiger partial charge on any atom is 0.328 e. The Morgan fingerprint density at radius 3 is 2.71 bits per heavy atom. The number of carbonyl (C=O) groups is 2. The Hall–Kier alpha value is -2.06. The van der Waals surface area contributed by atoms with Crippen LogP contribution >= 0.6 is 23.4 Å². The molecule has 1 amide bonds. The van der Waals surface area contributed by atoms with Crippen molar-refractivity contribution in [2.75, 3.05) is 5.75 Å². The lowest BCUT2D eigenvalue weighted by molar-refractivity contribution is -0.151. The van der Waals surface area contributed by atoms with E-state index in [2.05, 4.69) is 10.2 Å². The second-order valence-electron chi connectivity index (χ2n) is 5.39. The molecule has 7 nitrogen and oxygen atoms in total. The van der Waals surface area contributed by atoms with Gasteiger partial charge in [0.05, 0.1) is 18.8 Å². The van der Waals surface area contributed by atoms with Gasteiger partial charge in [0.15, 0.2) is 5.82 Å². The summed E-state index contributed by atoms with van der Waals surface area (Å²) >= 11 is 7.18. The number of carbonyl (C=O) groups excluding carboxylic acids is 1. The molecule has 1 N–H and O–H groups in total. The number of halogens is 1. The summed E-state index contributed by atoms with van der Waals surface area (Å²) in [6, 6.07) is 6.24. The molecule has 0 bridgehead atoms. The van der Waals surface area contributed by atoms with Crippen molar-refractivity contribution >= 4 is 35.2 Å². The highest BCUT2D eigenvalue weighted by atomic mass is 35.5. The number of aryl methyl sites for hydroxylation is 1. The van der Waals surface area contributed by atoms with Crippen LogP contribution < -0.4 is 0 Å². The van der Waals surface area contributed by atoms with Crippen molar-refractivity contribution in [1.29, 1.82) is 0 Å². The van der Waals surface area contributed by atoms with Crippen LogP contribution in [0.4, 0.5) is 0 Å². The van der Waals surface area contributed by atoms with Crippen LogP contribution in [-0.2, 0) is 22.7 Å². The van der Waals surface area contributed by atoms with E-state index >= 15 is 0 Å². The highest BCUT2D eigenvalue weighted by Gasteiger charge is 2.36. The van der Waals surface area contributed by atoms with Crippen molar-refractivity contribution in [1.82, 2.24) is 19.7 Å². The molecule has 0 saturated heterocycles. The standard InChI is InChI=1S/C15H15ClN4O3S/c1-9-17-18-13-7-20(12(15(22)23)6-19(9)13)14(21)8-24-11-4-2-10(16)3-5-11/h2-5,12H,6-8H2,1H3,(H,22,23). The number of nitrogens with zero attached hydrogens (tertiary/aromatic N) is 4. The van der Waals surface area contributed by atoms with Crippen LogP contribution in [0.15, 0.2) is 29.2 Å². The third kappa shape index (κ3) is 3.39. The number of carboxylic acids is 1. The zero-order valence-corrected chi connectivity index (χ0v) is 14.4. The van der Waals surface area contributed by atoms with Gasteiger partial charge >= 0.3 is 5.97 Å². The summed E-state index contributed by atoms with van der Waals surface area (Å²) in [5.41, 5.74) is 0. The van der Waals surface area contributed by atoms with Gasteiger partial charge in [-0.2, -0.15) is 0 Å². The minimum Gasteiger partial charge on any atom is -0.480 e. The van der Waals surface area contributed by atoms with Gasteiger partial charge < -0.3 is 14.6 Å². The number of amides is 1. The van der Waals surface area contributed by atoms with E-state index in [0.717, 1.165) is 4.90 Å². The van der Waals surface area contributed by atoms with Crippen LogP contribution in [0.2, 0.25) is 5.02 Å². The van der Waals surface area contributed by atoms with E-state index in [-0.39, 0.29) is 24.7 Å². The maximum absolute atomic E-state index is 12.5. The summed E-state index contributed by atoms with van der Waals surface area (Å²) in [4.78, 5) is 26.3. The highest BCUT2D eigenvalue weighted by molar-refractivity contribution is 8.00. The molecular formula is C15H15ClN4O3S. The molecular weight excluding hydrogens is 352 g/mol. The lowest BCUT2D eigenvalue weighted by Crippen LogP contribution is -2.51. The van der Waals surface area contributed by atoms with Gasteiger partial charge in [0, 0.05) is 9.92 Å². The molecule has 1 aromatic heterocycles. The number of hydrogen-bond acceptors (Lipinski definition) is 5. The summed E-state index contributed by atoms with van der Waals surface area (Å²) in [6.07, 6.45) is 0. The Labute approximate surface area is 147 Å². The largest absolute Gasteiger partial charge is 0.480 e. The first kappa shape index (κ1) is 16.8. The highest BCUT2D eigenvalue weighted by Crippen LogP contribution is 2.23. The molecule has 0 aliphatic carbocycles. The Kier molecular flexibility index (Phi) is 4.77. The second-order valence-corrected chi connectivity index (χ2v) is 6.88. The number of fused-ring (bicyclic) bond motifs is 1. The van der Waals surface area contributed by atoms with Crippen molar-refractivity contribution in [3.05, 3.63) is 40.9 Å². The molecule has 126 valence electrons. The number of hydrogen-bond donors (Lipinski definition) is 1. The second kappa shape index (κ2) is 6.82. The van der Waals surface area contributed by atoms with Crippen molar-refractivity contribution < 1.29 is 14.7 Å². The van der Waals surface area contributed by atoms with Crippen molar-refractivity contribution in [2.45, 2.75) is 31.0 Å². The zero-order chi connectivity index (χ0) is 17.3. The van der Waals surface area contributed by atoms with Crippen molar-refractivity contribution in [2.24, 2.45) is 0 Å². The molecule has 2 heterocycles. The van der Waals surface area contributed by atoms with Crippen LogP contribution in [0, 0.1) is 6.92 Å². The fourth-order valence-corrected chi connectivity index (χ4v) is 3.46. The van der Waals surface area contributed by atoms with Gasteiger partial charge in [-0.15, -0.1) is 22.0 Å². The molecule has 1 unspecified atom stereocenters. The summed E-state index contributed by atoms with van der Waals surface area (Å²) in [6.45, 7) is 2.09. The Balaban J connectivity index is 1.72.